The first-order valence-corrected chi connectivity index (χ1v) is 13.7. The fourth-order valence-electron chi connectivity index (χ4n) is 5.65. The average Bonchev–Trinajstić information content (AvgIpc) is 3.57. The number of aromatic nitrogens is 4. The highest BCUT2D eigenvalue weighted by Crippen LogP contribution is 2.29. The standard InChI is InChI=1S/C27H31BrN8O2/c1-16-10-17(11-19-13-30-34-24(16)19)12-22(25-29-14-23(28)33-25)32-26(37)35-8-6-20(7-9-35)36-15-18-4-2-3-5-21(18)31-27(36)38/h2-5,10-11,13-14,20,22,27,31,38H,6-9,12,15H2,1H3,(H,29,33)(H,30,34)(H,32,37). The second-order valence-electron chi connectivity index (χ2n) is 10.1. The first-order valence-electron chi connectivity index (χ1n) is 12.9. The summed E-state index contributed by atoms with van der Waals surface area (Å²) in [5, 5.41) is 25.4. The van der Waals surface area contributed by atoms with E-state index >= 15 is 0 Å². The van der Waals surface area contributed by atoms with Crippen LogP contribution in [0.3, 0.4) is 0 Å². The van der Waals surface area contributed by atoms with Crippen molar-refractivity contribution in [2.75, 3.05) is 18.4 Å². The van der Waals surface area contributed by atoms with Gasteiger partial charge in [0, 0.05) is 36.7 Å². The maximum atomic E-state index is 13.4. The first-order chi connectivity index (χ1) is 18.4. The van der Waals surface area contributed by atoms with Crippen LogP contribution in [0.25, 0.3) is 10.9 Å². The molecule has 4 aromatic rings. The number of imidazole rings is 1. The molecule has 4 heterocycles. The second-order valence-corrected chi connectivity index (χ2v) is 11.0. The molecule has 1 saturated heterocycles. The highest BCUT2D eigenvalue weighted by Gasteiger charge is 2.33. The van der Waals surface area contributed by atoms with Gasteiger partial charge in [-0.15, -0.1) is 0 Å². The van der Waals surface area contributed by atoms with Gasteiger partial charge in [0.05, 0.1) is 24.0 Å². The molecular weight excluding hydrogens is 548 g/mol. The Bertz CT molecular complexity index is 1440. The lowest BCUT2D eigenvalue weighted by Crippen LogP contribution is -2.54. The molecule has 2 aliphatic rings. The molecule has 38 heavy (non-hydrogen) atoms. The third-order valence-electron chi connectivity index (χ3n) is 7.63. The van der Waals surface area contributed by atoms with Crippen LogP contribution < -0.4 is 10.6 Å². The number of rotatable bonds is 5. The van der Waals surface area contributed by atoms with Crippen LogP contribution in [-0.2, 0) is 13.0 Å². The van der Waals surface area contributed by atoms with E-state index in [-0.39, 0.29) is 18.1 Å². The maximum absolute atomic E-state index is 13.4. The van der Waals surface area contributed by atoms with Gasteiger partial charge in [-0.05, 0) is 70.9 Å². The maximum Gasteiger partial charge on any atom is 0.317 e. The summed E-state index contributed by atoms with van der Waals surface area (Å²) in [4.78, 5) is 25.1. The summed E-state index contributed by atoms with van der Waals surface area (Å²) in [5.41, 5.74) is 5.38. The van der Waals surface area contributed by atoms with Gasteiger partial charge in [-0.25, -0.2) is 9.78 Å². The van der Waals surface area contributed by atoms with Crippen LogP contribution in [0.15, 0.2) is 53.4 Å². The van der Waals surface area contributed by atoms with Gasteiger partial charge >= 0.3 is 6.03 Å². The minimum absolute atomic E-state index is 0.107. The number of carbonyl (C=O) groups excluding carboxylic acids is 1. The molecule has 2 unspecified atom stereocenters. The summed E-state index contributed by atoms with van der Waals surface area (Å²) >= 11 is 3.44. The lowest BCUT2D eigenvalue weighted by atomic mass is 10.00. The smallest absolute Gasteiger partial charge is 0.317 e. The Morgan fingerprint density at radius 2 is 2.05 bits per heavy atom. The van der Waals surface area contributed by atoms with Gasteiger partial charge in [0.25, 0.3) is 0 Å². The number of hydrogen-bond donors (Lipinski definition) is 5. The number of aromatic amines is 2. The van der Waals surface area contributed by atoms with Crippen molar-refractivity contribution < 1.29 is 9.90 Å². The molecule has 0 spiro atoms. The fourth-order valence-corrected chi connectivity index (χ4v) is 5.95. The Hall–Kier alpha value is -3.41. The van der Waals surface area contributed by atoms with E-state index in [2.05, 4.69) is 76.8 Å². The number of nitrogens with zero attached hydrogens (tertiary/aromatic N) is 4. The predicted octanol–water partition coefficient (Wildman–Crippen LogP) is 4.02. The molecule has 2 aromatic carbocycles. The highest BCUT2D eigenvalue weighted by atomic mass is 79.9. The number of likely N-dealkylation sites (tertiary alicyclic amines) is 1. The van der Waals surface area contributed by atoms with Gasteiger partial charge in [0.2, 0.25) is 0 Å². The number of aliphatic hydroxyl groups excluding tert-OH is 1. The van der Waals surface area contributed by atoms with Crippen molar-refractivity contribution in [3.8, 4) is 0 Å². The summed E-state index contributed by atoms with van der Waals surface area (Å²) in [6, 6.07) is 12.1. The zero-order chi connectivity index (χ0) is 26.2. The molecule has 10 nitrogen and oxygen atoms in total. The minimum atomic E-state index is -0.729. The topological polar surface area (TPSA) is 125 Å². The van der Waals surface area contributed by atoms with E-state index < -0.39 is 6.35 Å². The van der Waals surface area contributed by atoms with E-state index in [4.69, 9.17) is 0 Å². The van der Waals surface area contributed by atoms with Gasteiger partial charge in [0.1, 0.15) is 10.4 Å². The van der Waals surface area contributed by atoms with E-state index in [9.17, 15) is 9.90 Å². The number of benzene rings is 2. The van der Waals surface area contributed by atoms with Crippen LogP contribution in [0.1, 0.15) is 41.4 Å². The molecule has 1 fully saturated rings. The Morgan fingerprint density at radius 1 is 1.24 bits per heavy atom. The van der Waals surface area contributed by atoms with Gasteiger partial charge < -0.3 is 25.6 Å². The number of fused-ring (bicyclic) bond motifs is 2. The van der Waals surface area contributed by atoms with Crippen molar-refractivity contribution in [2.45, 2.75) is 51.2 Å². The average molecular weight is 580 g/mol. The number of aliphatic hydroxyl groups is 1. The molecule has 2 amide bonds. The van der Waals surface area contributed by atoms with E-state index in [1.54, 1.807) is 6.20 Å². The number of anilines is 1. The van der Waals surface area contributed by atoms with Gasteiger partial charge in [-0.2, -0.15) is 5.10 Å². The van der Waals surface area contributed by atoms with Crippen molar-refractivity contribution in [3.63, 3.8) is 0 Å². The van der Waals surface area contributed by atoms with Gasteiger partial charge in [-0.1, -0.05) is 24.3 Å². The molecule has 6 rings (SSSR count). The van der Waals surface area contributed by atoms with Crippen LogP contribution >= 0.6 is 15.9 Å². The number of halogens is 1. The SMILES string of the molecule is Cc1cc(CC(NC(=O)N2CCC(N3Cc4ccccc4NC3O)CC2)c2ncc(Br)[nH]2)cc2cn[nH]c12. The molecule has 2 aromatic heterocycles. The number of para-hydroxylation sites is 1. The minimum Gasteiger partial charge on any atom is -0.361 e. The third kappa shape index (κ3) is 5.01. The van der Waals surface area contributed by atoms with Crippen molar-refractivity contribution >= 4 is 38.6 Å². The van der Waals surface area contributed by atoms with Crippen molar-refractivity contribution in [2.24, 2.45) is 0 Å². The number of urea groups is 1. The largest absolute Gasteiger partial charge is 0.361 e. The Kier molecular flexibility index (Phi) is 6.81. The quantitative estimate of drug-likeness (QED) is 0.243. The van der Waals surface area contributed by atoms with Crippen LogP contribution in [-0.4, -0.2) is 66.6 Å². The Labute approximate surface area is 228 Å². The summed E-state index contributed by atoms with van der Waals surface area (Å²) in [5.74, 6) is 0.700. The fraction of sp³-hybridized carbons (Fsp3) is 0.370. The number of hydrogen-bond acceptors (Lipinski definition) is 6. The van der Waals surface area contributed by atoms with E-state index in [0.717, 1.165) is 45.2 Å². The van der Waals surface area contributed by atoms with Gasteiger partial charge in [-0.3, -0.25) is 10.00 Å². The number of carbonyl (C=O) groups is 1. The van der Waals surface area contributed by atoms with Crippen LogP contribution in [0.5, 0.6) is 0 Å². The number of amides is 2. The first kappa shape index (κ1) is 24.9. The van der Waals surface area contributed by atoms with Crippen molar-refractivity contribution in [1.82, 2.24) is 35.3 Å². The zero-order valence-corrected chi connectivity index (χ0v) is 22.7. The molecule has 0 saturated carbocycles. The lowest BCUT2D eigenvalue weighted by molar-refractivity contribution is -0.0316. The second kappa shape index (κ2) is 10.4. The molecule has 0 radical (unpaired) electrons. The van der Waals surface area contributed by atoms with E-state index in [1.165, 1.54) is 5.56 Å². The zero-order valence-electron chi connectivity index (χ0n) is 21.1. The van der Waals surface area contributed by atoms with Gasteiger partial charge in [0.15, 0.2) is 6.35 Å². The van der Waals surface area contributed by atoms with Crippen molar-refractivity contribution in [3.05, 3.63) is 75.9 Å². The summed E-state index contributed by atoms with van der Waals surface area (Å²) in [6.07, 6.45) is 4.98. The highest BCUT2D eigenvalue weighted by molar-refractivity contribution is 9.10. The normalized spacial score (nSPS) is 19.2. The predicted molar refractivity (Wildman–Crippen MR) is 148 cm³/mol. The number of H-pyrrole nitrogens is 2. The Balaban J connectivity index is 1.12. The van der Waals surface area contributed by atoms with E-state index in [0.29, 0.717) is 31.9 Å². The molecule has 2 atom stereocenters. The molecular formula is C27H31BrN8O2. The number of aryl methyl sites for hydroxylation is 1. The van der Waals surface area contributed by atoms with E-state index in [1.807, 2.05) is 29.3 Å². The third-order valence-corrected chi connectivity index (χ3v) is 8.03. The lowest BCUT2D eigenvalue weighted by Gasteiger charge is -2.43. The van der Waals surface area contributed by atoms with Crippen LogP contribution in [0.2, 0.25) is 0 Å². The Morgan fingerprint density at radius 3 is 2.84 bits per heavy atom. The molecule has 5 N–H and O–H groups in total. The van der Waals surface area contributed by atoms with Crippen molar-refractivity contribution in [1.29, 1.82) is 0 Å². The number of nitrogens with one attached hydrogen (secondary N) is 4. The summed E-state index contributed by atoms with van der Waals surface area (Å²) in [7, 11) is 0. The number of piperidine rings is 1. The monoisotopic (exact) mass is 578 g/mol. The van der Waals surface area contributed by atoms with Crippen LogP contribution in [0.4, 0.5) is 10.5 Å². The summed E-state index contributed by atoms with van der Waals surface area (Å²) < 4.78 is 0.768. The molecule has 11 heteroatoms. The summed E-state index contributed by atoms with van der Waals surface area (Å²) in [6.45, 7) is 3.99. The molecule has 0 bridgehead atoms. The van der Waals surface area contributed by atoms with Crippen LogP contribution in [0, 0.1) is 6.92 Å². The molecule has 2 aliphatic heterocycles. The molecule has 0 aliphatic carbocycles. The molecule has 198 valence electrons.